The van der Waals surface area contributed by atoms with Crippen LogP contribution in [0.2, 0.25) is 0 Å². The number of ether oxygens (including phenoxy) is 4. The first kappa shape index (κ1) is 63.5. The molecule has 0 aliphatic heterocycles. The third-order valence-electron chi connectivity index (χ3n) is 16.0. The monoisotopic (exact) mass is 987 g/mol. The molecule has 0 aromatic heterocycles. The molecule has 0 aliphatic carbocycles. The standard InChI is InChI=1S/C64H106O7/c1-16-21-24-31-42-61(12,13)55(58(65)69-47-34-27-26-33-46-68-54-39-37-53(38-40-54)52-35-29-28-30-36-52)48-63(19-4,43-32-25-22-17-2)64(20-5,44-23-18-3)57(60(67)71-51(10)11)56(59(66)70-50(8)9)62(14,15)45-41-49(6)7/h17,28-30,35-40,49-51,55-57H,2,16,18-27,31-34,41-48H2,1,3-15H3. The van der Waals surface area contributed by atoms with Crippen LogP contribution in [0.4, 0.5) is 0 Å². The van der Waals surface area contributed by atoms with Crippen molar-refractivity contribution in [2.75, 3.05) is 13.2 Å². The Balaban J connectivity index is 2.68. The Morgan fingerprint density at radius 2 is 1.13 bits per heavy atom. The van der Waals surface area contributed by atoms with Crippen LogP contribution in [0.1, 0.15) is 232 Å². The zero-order valence-corrected chi connectivity index (χ0v) is 48.1. The van der Waals surface area contributed by atoms with Crippen LogP contribution >= 0.6 is 0 Å². The van der Waals surface area contributed by atoms with Crippen molar-refractivity contribution >= 4 is 17.9 Å². The maximum Gasteiger partial charge on any atom is 0.310 e. The van der Waals surface area contributed by atoms with Crippen LogP contribution in [0.15, 0.2) is 67.3 Å². The molecule has 0 heterocycles. The molecule has 0 fully saturated rings. The molecule has 0 saturated heterocycles. The van der Waals surface area contributed by atoms with E-state index in [0.717, 1.165) is 128 Å². The summed E-state index contributed by atoms with van der Waals surface area (Å²) in [5.74, 6) is -1.45. The van der Waals surface area contributed by atoms with Crippen molar-refractivity contribution in [3.8, 4) is 16.9 Å². The van der Waals surface area contributed by atoms with E-state index in [1.807, 2.05) is 52.0 Å². The van der Waals surface area contributed by atoms with Gasteiger partial charge in [-0.2, -0.15) is 0 Å². The zero-order chi connectivity index (χ0) is 53.1. The molecule has 7 heteroatoms. The molecule has 5 unspecified atom stereocenters. The summed E-state index contributed by atoms with van der Waals surface area (Å²) >= 11 is 0. The van der Waals surface area contributed by atoms with Crippen LogP contribution < -0.4 is 4.74 Å². The molecular formula is C64H106O7. The normalized spacial score (nSPS) is 15.2. The molecule has 0 spiro atoms. The summed E-state index contributed by atoms with van der Waals surface area (Å²) in [6.45, 7) is 35.0. The maximum atomic E-state index is 15.6. The fourth-order valence-corrected chi connectivity index (χ4v) is 11.7. The molecule has 2 rings (SSSR count). The molecule has 71 heavy (non-hydrogen) atoms. The van der Waals surface area contributed by atoms with Crippen LogP contribution in [0.25, 0.3) is 11.1 Å². The number of carbonyl (C=O) groups is 3. The third-order valence-corrected chi connectivity index (χ3v) is 16.0. The van der Waals surface area contributed by atoms with Crippen LogP contribution in [-0.2, 0) is 28.6 Å². The van der Waals surface area contributed by atoms with E-state index in [1.54, 1.807) is 0 Å². The van der Waals surface area contributed by atoms with Gasteiger partial charge in [0.15, 0.2) is 0 Å². The molecule has 5 atom stereocenters. The summed E-state index contributed by atoms with van der Waals surface area (Å²) in [5, 5.41) is 0. The Bertz CT molecular complexity index is 1780. The molecule has 0 bridgehead atoms. The van der Waals surface area contributed by atoms with E-state index in [-0.39, 0.29) is 35.5 Å². The van der Waals surface area contributed by atoms with Crippen LogP contribution in [0.5, 0.6) is 5.75 Å². The molecule has 0 aliphatic rings. The summed E-state index contributed by atoms with van der Waals surface area (Å²) in [4.78, 5) is 45.9. The van der Waals surface area contributed by atoms with E-state index in [0.29, 0.717) is 32.0 Å². The van der Waals surface area contributed by atoms with Gasteiger partial charge in [0.25, 0.3) is 0 Å². The van der Waals surface area contributed by atoms with E-state index in [2.05, 4.69) is 112 Å². The molecule has 0 N–H and O–H groups in total. The number of allylic oxidation sites excluding steroid dienone is 1. The number of esters is 3. The highest BCUT2D eigenvalue weighted by atomic mass is 16.6. The van der Waals surface area contributed by atoms with E-state index >= 15 is 14.4 Å². The SMILES string of the molecule is C=CCCCCC(CC)(CC(C(=O)OCCCCCCOc1ccc(-c2ccccc2)cc1)C(C)(C)CCCCCC)C(CC)(CCCC)C(C(=O)OC(C)C)C(C(=O)OC(C)C)C(C)(C)CCC(C)C. The minimum absolute atomic E-state index is 0.133. The predicted octanol–water partition coefficient (Wildman–Crippen LogP) is 18.2. The van der Waals surface area contributed by atoms with Crippen molar-refractivity contribution in [2.45, 2.75) is 244 Å². The Morgan fingerprint density at radius 1 is 0.563 bits per heavy atom. The smallest absolute Gasteiger partial charge is 0.310 e. The lowest BCUT2D eigenvalue weighted by Crippen LogP contribution is -2.58. The highest BCUT2D eigenvalue weighted by molar-refractivity contribution is 5.84. The molecule has 2 aromatic rings. The second kappa shape index (κ2) is 32.5. The van der Waals surface area contributed by atoms with E-state index in [9.17, 15) is 0 Å². The van der Waals surface area contributed by atoms with Gasteiger partial charge in [-0.05, 0) is 162 Å². The van der Waals surface area contributed by atoms with Crippen molar-refractivity contribution in [1.29, 1.82) is 0 Å². The van der Waals surface area contributed by atoms with Gasteiger partial charge in [-0.15, -0.1) is 6.58 Å². The average molecular weight is 988 g/mol. The van der Waals surface area contributed by atoms with E-state index in [4.69, 9.17) is 18.9 Å². The van der Waals surface area contributed by atoms with Crippen molar-refractivity contribution in [2.24, 2.45) is 45.3 Å². The minimum atomic E-state index is -0.795. The first-order valence-electron chi connectivity index (χ1n) is 28.7. The second-order valence-electron chi connectivity index (χ2n) is 23.5. The Kier molecular flexibility index (Phi) is 29.1. The Hall–Kier alpha value is -3.61. The maximum absolute atomic E-state index is 15.6. The van der Waals surface area contributed by atoms with Gasteiger partial charge in [-0.1, -0.05) is 169 Å². The number of hydrogen-bond acceptors (Lipinski definition) is 7. The predicted molar refractivity (Wildman–Crippen MR) is 298 cm³/mol. The van der Waals surface area contributed by atoms with Gasteiger partial charge in [-0.3, -0.25) is 14.4 Å². The second-order valence-corrected chi connectivity index (χ2v) is 23.5. The average Bonchev–Trinajstić information content (AvgIpc) is 3.32. The van der Waals surface area contributed by atoms with Crippen molar-refractivity contribution in [1.82, 2.24) is 0 Å². The largest absolute Gasteiger partial charge is 0.494 e. The van der Waals surface area contributed by atoms with E-state index in [1.165, 1.54) is 11.1 Å². The lowest BCUT2D eigenvalue weighted by atomic mass is 9.45. The fourth-order valence-electron chi connectivity index (χ4n) is 11.7. The Morgan fingerprint density at radius 3 is 1.68 bits per heavy atom. The van der Waals surface area contributed by atoms with Crippen LogP contribution in [0.3, 0.4) is 0 Å². The number of carbonyl (C=O) groups excluding carboxylic acids is 3. The first-order chi connectivity index (χ1) is 33.7. The molecule has 404 valence electrons. The zero-order valence-electron chi connectivity index (χ0n) is 48.1. The molecule has 0 radical (unpaired) electrons. The quantitative estimate of drug-likeness (QED) is 0.0285. The highest BCUT2D eigenvalue weighted by Crippen LogP contribution is 2.64. The minimum Gasteiger partial charge on any atom is -0.494 e. The summed E-state index contributed by atoms with van der Waals surface area (Å²) in [7, 11) is 0. The topological polar surface area (TPSA) is 88.1 Å². The van der Waals surface area contributed by atoms with E-state index < -0.39 is 34.0 Å². The number of unbranched alkanes of at least 4 members (excludes halogenated alkanes) is 9. The van der Waals surface area contributed by atoms with Gasteiger partial charge < -0.3 is 18.9 Å². The van der Waals surface area contributed by atoms with Gasteiger partial charge in [-0.25, -0.2) is 0 Å². The van der Waals surface area contributed by atoms with Gasteiger partial charge in [0.1, 0.15) is 5.75 Å². The van der Waals surface area contributed by atoms with Gasteiger partial charge in [0.2, 0.25) is 0 Å². The summed E-state index contributed by atoms with van der Waals surface area (Å²) in [5.41, 5.74) is 0.141. The van der Waals surface area contributed by atoms with Crippen molar-refractivity contribution in [3.63, 3.8) is 0 Å². The molecular weight excluding hydrogens is 881 g/mol. The van der Waals surface area contributed by atoms with Crippen LogP contribution in [0, 0.1) is 45.3 Å². The number of rotatable bonds is 39. The fraction of sp³-hybridized carbons (Fsp3) is 0.734. The highest BCUT2D eigenvalue weighted by Gasteiger charge is 2.63. The lowest BCUT2D eigenvalue weighted by Gasteiger charge is -2.59. The lowest BCUT2D eigenvalue weighted by molar-refractivity contribution is -0.192. The van der Waals surface area contributed by atoms with Crippen molar-refractivity contribution < 1.29 is 33.3 Å². The summed E-state index contributed by atoms with van der Waals surface area (Å²) in [6.07, 6.45) is 20.0. The molecule has 0 amide bonds. The number of hydrogen-bond donors (Lipinski definition) is 0. The van der Waals surface area contributed by atoms with Gasteiger partial charge >= 0.3 is 17.9 Å². The van der Waals surface area contributed by atoms with Crippen molar-refractivity contribution in [3.05, 3.63) is 67.3 Å². The molecule has 2 aromatic carbocycles. The molecule has 7 nitrogen and oxygen atoms in total. The Labute approximate surface area is 436 Å². The number of benzene rings is 2. The summed E-state index contributed by atoms with van der Waals surface area (Å²) < 4.78 is 25.2. The molecule has 0 saturated carbocycles. The first-order valence-corrected chi connectivity index (χ1v) is 28.7. The van der Waals surface area contributed by atoms with Gasteiger partial charge in [0, 0.05) is 0 Å². The summed E-state index contributed by atoms with van der Waals surface area (Å²) in [6, 6.07) is 18.7. The third kappa shape index (κ3) is 20.3. The van der Waals surface area contributed by atoms with Crippen LogP contribution in [-0.4, -0.2) is 43.3 Å². The van der Waals surface area contributed by atoms with Gasteiger partial charge in [0.05, 0.1) is 43.2 Å².